The molecule has 1 aromatic carbocycles. The monoisotopic (exact) mass is 292 g/mol. The van der Waals surface area contributed by atoms with Crippen LogP contribution < -0.4 is 4.72 Å². The highest BCUT2D eigenvalue weighted by molar-refractivity contribution is 7.89. The van der Waals surface area contributed by atoms with Crippen molar-refractivity contribution in [3.8, 4) is 0 Å². The standard InChI is InChI=1S/C15H20N2O2S/c1-11(15(2,3)4)17-20(18,19)13-9-5-7-12-8-6-10-16-14(12)13/h5-11,17H,1-4H3. The lowest BCUT2D eigenvalue weighted by Crippen LogP contribution is -2.41. The van der Waals surface area contributed by atoms with Crippen LogP contribution in [0.2, 0.25) is 0 Å². The van der Waals surface area contributed by atoms with Gasteiger partial charge in [-0.25, -0.2) is 13.1 Å². The lowest BCUT2D eigenvalue weighted by atomic mass is 9.89. The van der Waals surface area contributed by atoms with Gasteiger partial charge in [-0.1, -0.05) is 39.0 Å². The van der Waals surface area contributed by atoms with Gasteiger partial charge in [0.05, 0.1) is 5.52 Å². The molecule has 0 saturated carbocycles. The lowest BCUT2D eigenvalue weighted by molar-refractivity contribution is 0.318. The van der Waals surface area contributed by atoms with E-state index in [1.54, 1.807) is 24.4 Å². The molecule has 0 aliphatic heterocycles. The average Bonchev–Trinajstić information content (AvgIpc) is 2.36. The predicted octanol–water partition coefficient (Wildman–Crippen LogP) is 2.95. The second-order valence-electron chi connectivity index (χ2n) is 6.04. The number of sulfonamides is 1. The molecule has 1 N–H and O–H groups in total. The van der Waals surface area contributed by atoms with Gasteiger partial charge in [0.1, 0.15) is 4.90 Å². The molecule has 0 saturated heterocycles. The van der Waals surface area contributed by atoms with Crippen LogP contribution in [0.5, 0.6) is 0 Å². The molecular formula is C15H20N2O2S. The number of rotatable bonds is 3. The third-order valence-corrected chi connectivity index (χ3v) is 5.09. The SMILES string of the molecule is CC(NS(=O)(=O)c1cccc2cccnc12)C(C)(C)C. The summed E-state index contributed by atoms with van der Waals surface area (Å²) in [7, 11) is -3.58. The molecule has 20 heavy (non-hydrogen) atoms. The van der Waals surface area contributed by atoms with Gasteiger partial charge in [0, 0.05) is 17.6 Å². The fraction of sp³-hybridized carbons (Fsp3) is 0.400. The molecule has 5 heteroatoms. The summed E-state index contributed by atoms with van der Waals surface area (Å²) in [4.78, 5) is 4.43. The van der Waals surface area contributed by atoms with Crippen molar-refractivity contribution in [1.82, 2.24) is 9.71 Å². The maximum Gasteiger partial charge on any atom is 0.242 e. The van der Waals surface area contributed by atoms with E-state index in [1.807, 2.05) is 39.8 Å². The van der Waals surface area contributed by atoms with Gasteiger partial charge < -0.3 is 0 Å². The first-order valence-electron chi connectivity index (χ1n) is 6.58. The minimum atomic E-state index is -3.58. The first-order chi connectivity index (χ1) is 9.22. The summed E-state index contributed by atoms with van der Waals surface area (Å²) < 4.78 is 27.8. The Morgan fingerprint density at radius 1 is 1.15 bits per heavy atom. The van der Waals surface area contributed by atoms with Gasteiger partial charge in [0.15, 0.2) is 0 Å². The number of fused-ring (bicyclic) bond motifs is 1. The molecule has 1 aromatic heterocycles. The fourth-order valence-corrected chi connectivity index (χ4v) is 3.39. The van der Waals surface area contributed by atoms with Crippen LogP contribution in [0.3, 0.4) is 0 Å². The number of nitrogens with one attached hydrogen (secondary N) is 1. The topological polar surface area (TPSA) is 59.1 Å². The Kier molecular flexibility index (Phi) is 3.84. The molecule has 1 atom stereocenters. The lowest BCUT2D eigenvalue weighted by Gasteiger charge is -2.27. The van der Waals surface area contributed by atoms with Gasteiger partial charge in [0.25, 0.3) is 0 Å². The summed E-state index contributed by atoms with van der Waals surface area (Å²) >= 11 is 0. The van der Waals surface area contributed by atoms with Gasteiger partial charge in [0.2, 0.25) is 10.0 Å². The minimum Gasteiger partial charge on any atom is -0.255 e. The molecule has 0 spiro atoms. The van der Waals surface area contributed by atoms with Crippen LogP contribution in [0.15, 0.2) is 41.4 Å². The zero-order valence-electron chi connectivity index (χ0n) is 12.2. The van der Waals surface area contributed by atoms with Crippen molar-refractivity contribution in [2.24, 2.45) is 5.41 Å². The summed E-state index contributed by atoms with van der Waals surface area (Å²) in [6.45, 7) is 7.88. The zero-order chi connectivity index (χ0) is 15.0. The second-order valence-corrected chi connectivity index (χ2v) is 7.72. The summed E-state index contributed by atoms with van der Waals surface area (Å²) in [5, 5.41) is 0.818. The Bertz CT molecular complexity index is 713. The van der Waals surface area contributed by atoms with Crippen molar-refractivity contribution < 1.29 is 8.42 Å². The molecule has 0 fully saturated rings. The van der Waals surface area contributed by atoms with E-state index >= 15 is 0 Å². The average molecular weight is 292 g/mol. The maximum absolute atomic E-state index is 12.6. The Labute approximate surface area is 120 Å². The molecule has 0 aliphatic carbocycles. The Morgan fingerprint density at radius 2 is 1.80 bits per heavy atom. The molecule has 0 bridgehead atoms. The summed E-state index contributed by atoms with van der Waals surface area (Å²) in [6.07, 6.45) is 1.61. The van der Waals surface area contributed by atoms with Gasteiger partial charge in [-0.2, -0.15) is 0 Å². The molecule has 4 nitrogen and oxygen atoms in total. The van der Waals surface area contributed by atoms with Crippen LogP contribution in [-0.2, 0) is 10.0 Å². The molecule has 2 rings (SSSR count). The van der Waals surface area contributed by atoms with Crippen molar-refractivity contribution in [3.05, 3.63) is 36.5 Å². The van der Waals surface area contributed by atoms with E-state index < -0.39 is 10.0 Å². The third kappa shape index (κ3) is 2.99. The Hall–Kier alpha value is -1.46. The highest BCUT2D eigenvalue weighted by atomic mass is 32.2. The molecule has 1 unspecified atom stereocenters. The number of hydrogen-bond acceptors (Lipinski definition) is 3. The van der Waals surface area contributed by atoms with Gasteiger partial charge in [-0.05, 0) is 24.5 Å². The number of pyridine rings is 1. The number of nitrogens with zero attached hydrogens (tertiary/aromatic N) is 1. The Balaban J connectivity index is 2.48. The molecule has 2 aromatic rings. The van der Waals surface area contributed by atoms with Crippen molar-refractivity contribution >= 4 is 20.9 Å². The number of aromatic nitrogens is 1. The first-order valence-corrected chi connectivity index (χ1v) is 8.06. The summed E-state index contributed by atoms with van der Waals surface area (Å²) in [5.41, 5.74) is 0.356. The quantitative estimate of drug-likeness (QED) is 0.946. The number of para-hydroxylation sites is 1. The van der Waals surface area contributed by atoms with E-state index in [0.29, 0.717) is 5.52 Å². The van der Waals surface area contributed by atoms with Crippen LogP contribution in [0, 0.1) is 5.41 Å². The van der Waals surface area contributed by atoms with Crippen LogP contribution in [0.1, 0.15) is 27.7 Å². The van der Waals surface area contributed by atoms with Gasteiger partial charge in [-0.15, -0.1) is 0 Å². The van der Waals surface area contributed by atoms with E-state index in [0.717, 1.165) is 5.39 Å². The van der Waals surface area contributed by atoms with Crippen LogP contribution in [0.25, 0.3) is 10.9 Å². The predicted molar refractivity (Wildman–Crippen MR) is 81.0 cm³/mol. The molecule has 0 aliphatic rings. The minimum absolute atomic E-state index is 0.148. The number of benzene rings is 1. The van der Waals surface area contributed by atoms with E-state index in [1.165, 1.54) is 0 Å². The number of hydrogen-bond donors (Lipinski definition) is 1. The van der Waals surface area contributed by atoms with Crippen LogP contribution in [0.4, 0.5) is 0 Å². The second kappa shape index (κ2) is 5.14. The van der Waals surface area contributed by atoms with Crippen LogP contribution in [-0.4, -0.2) is 19.4 Å². The first kappa shape index (κ1) is 14.9. The largest absolute Gasteiger partial charge is 0.255 e. The molecule has 108 valence electrons. The molecule has 0 amide bonds. The van der Waals surface area contributed by atoms with Crippen LogP contribution >= 0.6 is 0 Å². The van der Waals surface area contributed by atoms with E-state index in [4.69, 9.17) is 0 Å². The normalized spacial score (nSPS) is 14.4. The third-order valence-electron chi connectivity index (χ3n) is 3.52. The smallest absolute Gasteiger partial charge is 0.242 e. The maximum atomic E-state index is 12.6. The molecular weight excluding hydrogens is 272 g/mol. The van der Waals surface area contributed by atoms with Gasteiger partial charge >= 0.3 is 0 Å². The fourth-order valence-electron chi connectivity index (χ4n) is 1.77. The Morgan fingerprint density at radius 3 is 2.45 bits per heavy atom. The van der Waals surface area contributed by atoms with E-state index in [9.17, 15) is 8.42 Å². The summed E-state index contributed by atoms with van der Waals surface area (Å²) in [6, 6.07) is 8.66. The summed E-state index contributed by atoms with van der Waals surface area (Å²) in [5.74, 6) is 0. The van der Waals surface area contributed by atoms with Crippen molar-refractivity contribution in [2.75, 3.05) is 0 Å². The highest BCUT2D eigenvalue weighted by Gasteiger charge is 2.27. The van der Waals surface area contributed by atoms with Crippen molar-refractivity contribution in [3.63, 3.8) is 0 Å². The van der Waals surface area contributed by atoms with Crippen molar-refractivity contribution in [1.29, 1.82) is 0 Å². The van der Waals surface area contributed by atoms with Crippen molar-refractivity contribution in [2.45, 2.75) is 38.6 Å². The molecule has 0 radical (unpaired) electrons. The highest BCUT2D eigenvalue weighted by Crippen LogP contribution is 2.24. The van der Waals surface area contributed by atoms with E-state index in [-0.39, 0.29) is 16.4 Å². The molecule has 1 heterocycles. The van der Waals surface area contributed by atoms with E-state index in [2.05, 4.69) is 9.71 Å². The zero-order valence-corrected chi connectivity index (χ0v) is 13.0. The van der Waals surface area contributed by atoms with Gasteiger partial charge in [-0.3, -0.25) is 4.98 Å².